The van der Waals surface area contributed by atoms with Crippen molar-refractivity contribution in [1.82, 2.24) is 19.7 Å². The summed E-state index contributed by atoms with van der Waals surface area (Å²) in [6.07, 6.45) is 5.87. The number of hydrogen-bond donors (Lipinski definition) is 0. The Labute approximate surface area is 160 Å². The average molecular weight is 380 g/mol. The van der Waals surface area contributed by atoms with Gasteiger partial charge in [0, 0.05) is 36.1 Å². The van der Waals surface area contributed by atoms with Gasteiger partial charge in [-0.25, -0.2) is 8.78 Å². The summed E-state index contributed by atoms with van der Waals surface area (Å²) < 4.78 is 27.6. The molecule has 0 saturated carbocycles. The molecule has 1 aliphatic heterocycles. The molecule has 2 aromatic heterocycles. The van der Waals surface area contributed by atoms with Crippen LogP contribution in [0.15, 0.2) is 60.9 Å². The van der Waals surface area contributed by atoms with Crippen LogP contribution in [0.1, 0.15) is 5.69 Å². The van der Waals surface area contributed by atoms with Crippen molar-refractivity contribution in [2.24, 2.45) is 0 Å². The number of halogens is 2. The first-order chi connectivity index (χ1) is 13.7. The van der Waals surface area contributed by atoms with Gasteiger partial charge in [0.1, 0.15) is 18.2 Å². The van der Waals surface area contributed by atoms with Crippen molar-refractivity contribution in [3.63, 3.8) is 0 Å². The zero-order valence-electron chi connectivity index (χ0n) is 15.1. The van der Waals surface area contributed by atoms with Gasteiger partial charge in [-0.05, 0) is 48.0 Å². The SMILES string of the molecule is O=C(/C=C/CF)N1CCn2nc(-c3ccc(F)cc3)c(-c3ccncc3)c2C1. The van der Waals surface area contributed by atoms with Gasteiger partial charge in [0.25, 0.3) is 0 Å². The van der Waals surface area contributed by atoms with Gasteiger partial charge in [0.2, 0.25) is 5.91 Å². The molecule has 0 spiro atoms. The van der Waals surface area contributed by atoms with E-state index in [9.17, 15) is 13.6 Å². The van der Waals surface area contributed by atoms with Crippen LogP contribution in [0, 0.1) is 5.82 Å². The lowest BCUT2D eigenvalue weighted by atomic mass is 9.99. The molecular weight excluding hydrogens is 362 g/mol. The highest BCUT2D eigenvalue weighted by atomic mass is 19.1. The Hall–Kier alpha value is -3.35. The summed E-state index contributed by atoms with van der Waals surface area (Å²) in [5.41, 5.74) is 4.23. The van der Waals surface area contributed by atoms with E-state index in [1.165, 1.54) is 24.3 Å². The Bertz CT molecular complexity index is 1010. The molecule has 0 N–H and O–H groups in total. The zero-order valence-corrected chi connectivity index (χ0v) is 15.1. The zero-order chi connectivity index (χ0) is 19.5. The van der Waals surface area contributed by atoms with Gasteiger partial charge in [-0.3, -0.25) is 14.5 Å². The molecule has 5 nitrogen and oxygen atoms in total. The van der Waals surface area contributed by atoms with Gasteiger partial charge in [-0.15, -0.1) is 0 Å². The van der Waals surface area contributed by atoms with E-state index < -0.39 is 6.67 Å². The number of nitrogens with zero attached hydrogens (tertiary/aromatic N) is 4. The molecule has 4 rings (SSSR count). The first-order valence-electron chi connectivity index (χ1n) is 8.95. The highest BCUT2D eigenvalue weighted by Gasteiger charge is 2.27. The van der Waals surface area contributed by atoms with E-state index in [1.807, 2.05) is 16.8 Å². The van der Waals surface area contributed by atoms with Crippen molar-refractivity contribution in [2.45, 2.75) is 13.1 Å². The molecule has 3 heterocycles. The molecule has 0 saturated heterocycles. The summed E-state index contributed by atoms with van der Waals surface area (Å²) in [6.45, 7) is 0.711. The van der Waals surface area contributed by atoms with Gasteiger partial charge in [0.05, 0.1) is 18.8 Å². The van der Waals surface area contributed by atoms with Gasteiger partial charge < -0.3 is 4.90 Å². The first-order valence-corrected chi connectivity index (χ1v) is 8.95. The fraction of sp³-hybridized carbons (Fsp3) is 0.190. The van der Waals surface area contributed by atoms with Gasteiger partial charge >= 0.3 is 0 Å². The third-order valence-electron chi connectivity index (χ3n) is 4.73. The number of hydrogen-bond acceptors (Lipinski definition) is 3. The maximum atomic E-state index is 13.4. The highest BCUT2D eigenvalue weighted by molar-refractivity contribution is 5.88. The molecule has 0 bridgehead atoms. The summed E-state index contributed by atoms with van der Waals surface area (Å²) in [5, 5.41) is 4.74. The Balaban J connectivity index is 1.80. The van der Waals surface area contributed by atoms with Crippen molar-refractivity contribution in [3.8, 4) is 22.4 Å². The molecule has 0 unspecified atom stereocenters. The summed E-state index contributed by atoms with van der Waals surface area (Å²) >= 11 is 0. The van der Waals surface area contributed by atoms with E-state index in [4.69, 9.17) is 5.10 Å². The lowest BCUT2D eigenvalue weighted by molar-refractivity contribution is -0.127. The van der Waals surface area contributed by atoms with E-state index in [1.54, 1.807) is 29.4 Å². The van der Waals surface area contributed by atoms with E-state index in [-0.39, 0.29) is 11.7 Å². The monoisotopic (exact) mass is 380 g/mol. The number of amides is 1. The summed E-state index contributed by atoms with van der Waals surface area (Å²) in [7, 11) is 0. The number of carbonyl (C=O) groups excluding carboxylic acids is 1. The first kappa shape index (κ1) is 18.0. The summed E-state index contributed by atoms with van der Waals surface area (Å²) in [4.78, 5) is 18.1. The molecule has 28 heavy (non-hydrogen) atoms. The van der Waals surface area contributed by atoms with Crippen LogP contribution < -0.4 is 0 Å². The second kappa shape index (κ2) is 7.72. The maximum absolute atomic E-state index is 13.4. The number of alkyl halides is 1. The van der Waals surface area contributed by atoms with Gasteiger partial charge in [0.15, 0.2) is 0 Å². The van der Waals surface area contributed by atoms with Gasteiger partial charge in [-0.1, -0.05) is 0 Å². The lowest BCUT2D eigenvalue weighted by Gasteiger charge is -2.27. The Morgan fingerprint density at radius 3 is 2.54 bits per heavy atom. The van der Waals surface area contributed by atoms with Crippen molar-refractivity contribution in [3.05, 3.63) is 72.5 Å². The van der Waals surface area contributed by atoms with Crippen LogP contribution >= 0.6 is 0 Å². The molecule has 1 amide bonds. The molecular formula is C21H18F2N4O. The number of pyridine rings is 1. The highest BCUT2D eigenvalue weighted by Crippen LogP contribution is 2.36. The van der Waals surface area contributed by atoms with Crippen LogP contribution in [0.2, 0.25) is 0 Å². The van der Waals surface area contributed by atoms with E-state index in [2.05, 4.69) is 4.98 Å². The Morgan fingerprint density at radius 1 is 1.07 bits per heavy atom. The van der Waals surface area contributed by atoms with E-state index in [0.717, 1.165) is 28.1 Å². The van der Waals surface area contributed by atoms with E-state index in [0.29, 0.717) is 19.6 Å². The quantitative estimate of drug-likeness (QED) is 0.650. The predicted octanol–water partition coefficient (Wildman–Crippen LogP) is 3.62. The Kier molecular flexibility index (Phi) is 4.97. The number of allylic oxidation sites excluding steroid dienone is 1. The van der Waals surface area contributed by atoms with Crippen molar-refractivity contribution in [1.29, 1.82) is 0 Å². The minimum atomic E-state index is -0.672. The number of benzene rings is 1. The van der Waals surface area contributed by atoms with Crippen LogP contribution in [0.4, 0.5) is 8.78 Å². The smallest absolute Gasteiger partial charge is 0.246 e. The molecule has 0 fully saturated rings. The van der Waals surface area contributed by atoms with Crippen molar-refractivity contribution >= 4 is 5.91 Å². The minimum Gasteiger partial charge on any atom is -0.331 e. The number of carbonyl (C=O) groups is 1. The molecule has 1 aliphatic rings. The normalized spacial score (nSPS) is 13.7. The molecule has 1 aromatic carbocycles. The van der Waals surface area contributed by atoms with Gasteiger partial charge in [-0.2, -0.15) is 5.10 Å². The van der Waals surface area contributed by atoms with E-state index >= 15 is 0 Å². The van der Waals surface area contributed by atoms with Crippen LogP contribution in [0.5, 0.6) is 0 Å². The molecule has 0 aliphatic carbocycles. The van der Waals surface area contributed by atoms with Crippen LogP contribution in [0.3, 0.4) is 0 Å². The van der Waals surface area contributed by atoms with Crippen LogP contribution in [-0.4, -0.2) is 38.8 Å². The van der Waals surface area contributed by atoms with Crippen LogP contribution in [0.25, 0.3) is 22.4 Å². The standard InChI is InChI=1S/C21H18F2N4O/c22-9-1-2-19(28)26-12-13-27-18(14-26)20(15-7-10-24-11-8-15)21(25-27)16-3-5-17(23)6-4-16/h1-8,10-11H,9,12-14H2/b2-1+. The molecule has 0 atom stereocenters. The third kappa shape index (κ3) is 3.43. The summed E-state index contributed by atoms with van der Waals surface area (Å²) in [6, 6.07) is 9.97. The maximum Gasteiger partial charge on any atom is 0.246 e. The minimum absolute atomic E-state index is 0.228. The number of aromatic nitrogens is 3. The summed E-state index contributed by atoms with van der Waals surface area (Å²) in [5.74, 6) is -0.538. The topological polar surface area (TPSA) is 51.0 Å². The second-order valence-electron chi connectivity index (χ2n) is 6.45. The average Bonchev–Trinajstić information content (AvgIpc) is 3.11. The molecule has 7 heteroatoms. The van der Waals surface area contributed by atoms with Crippen LogP contribution in [-0.2, 0) is 17.9 Å². The lowest BCUT2D eigenvalue weighted by Crippen LogP contribution is -2.37. The molecule has 0 radical (unpaired) electrons. The fourth-order valence-corrected chi connectivity index (χ4v) is 3.39. The predicted molar refractivity (Wildman–Crippen MR) is 101 cm³/mol. The number of fused-ring (bicyclic) bond motifs is 1. The Morgan fingerprint density at radius 2 is 1.82 bits per heavy atom. The largest absolute Gasteiger partial charge is 0.331 e. The third-order valence-corrected chi connectivity index (χ3v) is 4.73. The number of rotatable bonds is 4. The molecule has 142 valence electrons. The second-order valence-corrected chi connectivity index (χ2v) is 6.45. The fourth-order valence-electron chi connectivity index (χ4n) is 3.39. The van der Waals surface area contributed by atoms with Crippen molar-refractivity contribution in [2.75, 3.05) is 13.2 Å². The molecule has 3 aromatic rings. The van der Waals surface area contributed by atoms with Crippen molar-refractivity contribution < 1.29 is 13.6 Å².